The van der Waals surface area contributed by atoms with Crippen LogP contribution in [0.5, 0.6) is 0 Å². The van der Waals surface area contributed by atoms with Crippen molar-refractivity contribution in [2.75, 3.05) is 13.1 Å². The summed E-state index contributed by atoms with van der Waals surface area (Å²) in [5.41, 5.74) is 0. The fourth-order valence-corrected chi connectivity index (χ4v) is 2.79. The number of halogens is 1. The molecule has 1 atom stereocenters. The van der Waals surface area contributed by atoms with E-state index in [2.05, 4.69) is 32.4 Å². The van der Waals surface area contributed by atoms with E-state index in [-0.39, 0.29) is 0 Å². The molecule has 1 saturated heterocycles. The van der Waals surface area contributed by atoms with Gasteiger partial charge in [0.2, 0.25) is 0 Å². The van der Waals surface area contributed by atoms with Crippen molar-refractivity contribution in [3.8, 4) is 0 Å². The Kier molecular flexibility index (Phi) is 3.65. The molecule has 0 spiro atoms. The van der Waals surface area contributed by atoms with Crippen molar-refractivity contribution >= 4 is 30.3 Å². The van der Waals surface area contributed by atoms with Gasteiger partial charge in [0.1, 0.15) is 0 Å². The predicted molar refractivity (Wildman–Crippen MR) is 51.6 cm³/mol. The van der Waals surface area contributed by atoms with E-state index in [0.717, 1.165) is 5.92 Å². The van der Waals surface area contributed by atoms with Crippen LogP contribution in [0.25, 0.3) is 0 Å². The Bertz CT molecular complexity index is 89.1. The Morgan fingerprint density at radius 2 is 2.44 bits per heavy atom. The summed E-state index contributed by atoms with van der Waals surface area (Å²) in [6.45, 7) is 4.91. The summed E-state index contributed by atoms with van der Waals surface area (Å²) in [7, 11) is 1.85. The van der Waals surface area contributed by atoms with Crippen LogP contribution in [0.4, 0.5) is 0 Å². The molecular formula is C6H12INS. The normalized spacial score (nSPS) is 30.7. The molecule has 0 saturated carbocycles. The minimum atomic E-state index is 0.918. The van der Waals surface area contributed by atoms with Gasteiger partial charge in [-0.1, -0.05) is 6.92 Å². The molecule has 0 radical (unpaired) electrons. The highest BCUT2D eigenvalue weighted by Gasteiger charge is 2.14. The number of rotatable bonds is 1. The largest absolute Gasteiger partial charge is 0.241 e. The van der Waals surface area contributed by atoms with Crippen LogP contribution < -0.4 is 0 Å². The first-order chi connectivity index (χ1) is 4.33. The van der Waals surface area contributed by atoms with Gasteiger partial charge in [-0.15, -0.1) is 0 Å². The van der Waals surface area contributed by atoms with E-state index in [0.29, 0.717) is 0 Å². The lowest BCUT2D eigenvalue weighted by molar-refractivity contribution is 0.305. The fraction of sp³-hybridized carbons (Fsp3) is 1.00. The maximum Gasteiger partial charge on any atom is 0.0146 e. The Labute approximate surface area is 73.3 Å². The van der Waals surface area contributed by atoms with Crippen molar-refractivity contribution < 1.29 is 0 Å². The smallest absolute Gasteiger partial charge is 0.0146 e. The molecular weight excluding hydrogens is 245 g/mol. The van der Waals surface area contributed by atoms with Crippen molar-refractivity contribution in [3.05, 3.63) is 0 Å². The molecule has 1 nitrogen and oxygen atoms in total. The summed E-state index contributed by atoms with van der Waals surface area (Å²) in [5.74, 6) is 0.918. The van der Waals surface area contributed by atoms with Gasteiger partial charge >= 0.3 is 0 Å². The van der Waals surface area contributed by atoms with Gasteiger partial charge in [0.05, 0.1) is 0 Å². The Morgan fingerprint density at radius 3 is 2.89 bits per heavy atom. The highest BCUT2D eigenvalue weighted by atomic mass is 127. The van der Waals surface area contributed by atoms with Gasteiger partial charge in [0, 0.05) is 34.3 Å². The zero-order valence-corrected chi connectivity index (χ0v) is 8.61. The lowest BCUT2D eigenvalue weighted by Crippen LogP contribution is -2.27. The molecule has 54 valence electrons. The lowest BCUT2D eigenvalue weighted by atomic mass is 10.0. The molecule has 1 heterocycles. The topological polar surface area (TPSA) is 3.24 Å². The van der Waals surface area contributed by atoms with Gasteiger partial charge in [-0.25, -0.2) is 4.31 Å². The van der Waals surface area contributed by atoms with Crippen LogP contribution in [0.15, 0.2) is 0 Å². The van der Waals surface area contributed by atoms with Crippen LogP contribution in [-0.2, 0) is 0 Å². The van der Waals surface area contributed by atoms with Gasteiger partial charge in [-0.2, -0.15) is 0 Å². The number of hydrogen-bond acceptors (Lipinski definition) is 2. The molecule has 0 aliphatic carbocycles. The monoisotopic (exact) mass is 257 g/mol. The van der Waals surface area contributed by atoms with Crippen molar-refractivity contribution in [2.24, 2.45) is 5.92 Å². The lowest BCUT2D eigenvalue weighted by Gasteiger charge is -2.27. The first-order valence-corrected chi connectivity index (χ1v) is 6.68. The minimum absolute atomic E-state index is 0.918. The third-order valence-corrected chi connectivity index (χ3v) is 3.92. The minimum Gasteiger partial charge on any atom is -0.241 e. The molecule has 0 bridgehead atoms. The second kappa shape index (κ2) is 4.03. The molecule has 0 amide bonds. The van der Waals surface area contributed by atoms with Crippen LogP contribution in [0.3, 0.4) is 0 Å². The van der Waals surface area contributed by atoms with Crippen molar-refractivity contribution in [1.29, 1.82) is 0 Å². The van der Waals surface area contributed by atoms with Crippen LogP contribution in [0.2, 0.25) is 0 Å². The van der Waals surface area contributed by atoms with Gasteiger partial charge in [-0.05, 0) is 27.9 Å². The maximum atomic E-state index is 2.44. The molecule has 0 aromatic carbocycles. The van der Waals surface area contributed by atoms with Crippen LogP contribution in [0.1, 0.15) is 19.8 Å². The molecule has 0 aromatic rings. The highest BCUT2D eigenvalue weighted by Crippen LogP contribution is 2.25. The Balaban J connectivity index is 2.23. The second-order valence-electron chi connectivity index (χ2n) is 2.70. The van der Waals surface area contributed by atoms with Gasteiger partial charge < -0.3 is 0 Å². The first kappa shape index (κ1) is 8.14. The van der Waals surface area contributed by atoms with Gasteiger partial charge in [-0.3, -0.25) is 0 Å². The van der Waals surface area contributed by atoms with Crippen molar-refractivity contribution in [3.63, 3.8) is 0 Å². The Morgan fingerprint density at radius 1 is 1.67 bits per heavy atom. The molecule has 0 aromatic heterocycles. The van der Waals surface area contributed by atoms with E-state index in [1.54, 1.807) is 0 Å². The van der Waals surface area contributed by atoms with Crippen molar-refractivity contribution in [1.82, 2.24) is 4.31 Å². The fourth-order valence-electron chi connectivity index (χ4n) is 1.21. The molecule has 9 heavy (non-hydrogen) atoms. The van der Waals surface area contributed by atoms with E-state index < -0.39 is 0 Å². The molecule has 1 aliphatic rings. The predicted octanol–water partition coefficient (Wildman–Crippen LogP) is 2.72. The standard InChI is InChI=1S/C6H12INS/c1-6-3-2-4-8(5-6)9-7/h6H,2-5H2,1H3/t6-/m0/s1. The van der Waals surface area contributed by atoms with E-state index in [1.807, 2.05) is 9.12 Å². The SMILES string of the molecule is C[C@H]1CCCN(SI)C1. The molecule has 3 heteroatoms. The quantitative estimate of drug-likeness (QED) is 0.525. The number of hydrogen-bond donors (Lipinski definition) is 0. The highest BCUT2D eigenvalue weighted by molar-refractivity contribution is 14.2. The van der Waals surface area contributed by atoms with Crippen LogP contribution >= 0.6 is 30.3 Å². The van der Waals surface area contributed by atoms with Crippen molar-refractivity contribution in [2.45, 2.75) is 19.8 Å². The van der Waals surface area contributed by atoms with Crippen LogP contribution in [-0.4, -0.2) is 17.4 Å². The van der Waals surface area contributed by atoms with Crippen LogP contribution in [0, 0.1) is 5.92 Å². The summed E-state index contributed by atoms with van der Waals surface area (Å²) in [5, 5.41) is 0. The van der Waals surface area contributed by atoms with E-state index in [9.17, 15) is 0 Å². The summed E-state index contributed by atoms with van der Waals surface area (Å²) in [6.07, 6.45) is 2.81. The summed E-state index contributed by atoms with van der Waals surface area (Å²) < 4.78 is 2.44. The molecule has 1 aliphatic heterocycles. The molecule has 0 unspecified atom stereocenters. The number of nitrogens with zero attached hydrogens (tertiary/aromatic N) is 1. The first-order valence-electron chi connectivity index (χ1n) is 3.36. The summed E-state index contributed by atoms with van der Waals surface area (Å²) >= 11 is 2.36. The van der Waals surface area contributed by atoms with Gasteiger partial charge in [0.15, 0.2) is 0 Å². The molecule has 0 N–H and O–H groups in total. The average molecular weight is 257 g/mol. The summed E-state index contributed by atoms with van der Waals surface area (Å²) in [4.78, 5) is 0. The summed E-state index contributed by atoms with van der Waals surface area (Å²) in [6, 6.07) is 0. The third-order valence-electron chi connectivity index (χ3n) is 1.72. The second-order valence-corrected chi connectivity index (χ2v) is 4.54. The third kappa shape index (κ3) is 2.63. The molecule has 1 rings (SSSR count). The zero-order valence-electron chi connectivity index (χ0n) is 5.64. The average Bonchev–Trinajstić information content (AvgIpc) is 1.88. The van der Waals surface area contributed by atoms with E-state index in [4.69, 9.17) is 0 Å². The zero-order chi connectivity index (χ0) is 6.69. The van der Waals surface area contributed by atoms with E-state index >= 15 is 0 Å². The van der Waals surface area contributed by atoms with Gasteiger partial charge in [0.25, 0.3) is 0 Å². The maximum absolute atomic E-state index is 2.44. The molecule has 1 fully saturated rings. The Hall–Kier alpha value is 1.04. The number of piperidine rings is 1. The van der Waals surface area contributed by atoms with E-state index in [1.165, 1.54) is 25.9 Å².